The number of benzene rings is 2. The zero-order valence-electron chi connectivity index (χ0n) is 15.2. The minimum atomic E-state index is -1.01. The van der Waals surface area contributed by atoms with Crippen LogP contribution in [-0.4, -0.2) is 19.5 Å². The van der Waals surface area contributed by atoms with Crippen molar-refractivity contribution in [3.63, 3.8) is 0 Å². The van der Waals surface area contributed by atoms with Gasteiger partial charge in [0.05, 0.1) is 28.5 Å². The first-order valence-corrected chi connectivity index (χ1v) is 9.34. The Morgan fingerprint density at radius 1 is 0.968 bits per heavy atom. The van der Waals surface area contributed by atoms with Crippen molar-refractivity contribution in [2.45, 2.75) is 13.2 Å². The predicted molar refractivity (Wildman–Crippen MR) is 104 cm³/mol. The van der Waals surface area contributed by atoms with Crippen LogP contribution >= 0.6 is 23.2 Å². The molecular weight excluding hydrogens is 463 g/mol. The van der Waals surface area contributed by atoms with Crippen molar-refractivity contribution >= 4 is 34.4 Å². The van der Waals surface area contributed by atoms with Gasteiger partial charge in [0.1, 0.15) is 24.1 Å². The van der Waals surface area contributed by atoms with Gasteiger partial charge in [0, 0.05) is 5.56 Å². The van der Waals surface area contributed by atoms with Gasteiger partial charge in [-0.05, 0) is 24.3 Å². The van der Waals surface area contributed by atoms with Crippen LogP contribution in [0, 0.1) is 23.3 Å². The van der Waals surface area contributed by atoms with Crippen molar-refractivity contribution in [1.82, 2.24) is 19.5 Å². The highest BCUT2D eigenvalue weighted by molar-refractivity contribution is 6.31. The lowest BCUT2D eigenvalue weighted by atomic mass is 10.2. The number of nitrogens with zero attached hydrogens (tertiary/aromatic N) is 3. The van der Waals surface area contributed by atoms with Gasteiger partial charge < -0.3 is 9.30 Å². The zero-order valence-corrected chi connectivity index (χ0v) is 16.7. The predicted octanol–water partition coefficient (Wildman–Crippen LogP) is 4.61. The smallest absolute Gasteiger partial charge is 0.298 e. The Morgan fingerprint density at radius 2 is 1.58 bits per heavy atom. The minimum absolute atomic E-state index is 0.0652. The van der Waals surface area contributed by atoms with Gasteiger partial charge in [0.25, 0.3) is 11.6 Å². The van der Waals surface area contributed by atoms with Crippen molar-refractivity contribution in [3.8, 4) is 6.01 Å². The maximum atomic E-state index is 14.2. The average Bonchev–Trinajstić information content (AvgIpc) is 3.14. The van der Waals surface area contributed by atoms with Crippen molar-refractivity contribution in [1.29, 1.82) is 0 Å². The molecule has 4 rings (SSSR count). The van der Waals surface area contributed by atoms with E-state index in [0.717, 1.165) is 30.6 Å². The summed E-state index contributed by atoms with van der Waals surface area (Å²) in [5, 5.41) is -0.582. The Kier molecular flexibility index (Phi) is 5.59. The number of rotatable bonds is 5. The molecule has 160 valence electrons. The molecule has 1 N–H and O–H groups in total. The molecule has 0 aliphatic rings. The summed E-state index contributed by atoms with van der Waals surface area (Å²) in [6.07, 6.45) is 1.16. The second-order valence-corrected chi connectivity index (χ2v) is 7.16. The summed E-state index contributed by atoms with van der Waals surface area (Å²) in [5.41, 5.74) is -1.75. The number of imidazole rings is 1. The minimum Gasteiger partial charge on any atom is -0.460 e. The van der Waals surface area contributed by atoms with Crippen molar-refractivity contribution in [3.05, 3.63) is 85.4 Å². The van der Waals surface area contributed by atoms with Crippen LogP contribution in [0.1, 0.15) is 11.1 Å². The average molecular weight is 473 g/mol. The highest BCUT2D eigenvalue weighted by Crippen LogP contribution is 2.24. The Bertz CT molecular complexity index is 1370. The summed E-state index contributed by atoms with van der Waals surface area (Å²) < 4.78 is 62.6. The molecule has 0 aliphatic carbocycles. The van der Waals surface area contributed by atoms with Gasteiger partial charge in [-0.25, -0.2) is 22.5 Å². The van der Waals surface area contributed by atoms with E-state index in [1.54, 1.807) is 0 Å². The SMILES string of the molecule is O=c1[nH]c(OCc2c(F)ccc(Cl)c2F)nc2c1ncn2Cc1c(F)ccc(Cl)c1F. The van der Waals surface area contributed by atoms with Crippen LogP contribution in [0.5, 0.6) is 6.01 Å². The van der Waals surface area contributed by atoms with E-state index in [1.807, 2.05) is 0 Å². The summed E-state index contributed by atoms with van der Waals surface area (Å²) in [6.45, 7) is -0.999. The second kappa shape index (κ2) is 8.20. The highest BCUT2D eigenvalue weighted by Gasteiger charge is 2.18. The first kappa shape index (κ1) is 21.1. The van der Waals surface area contributed by atoms with E-state index in [0.29, 0.717) is 0 Å². The first-order chi connectivity index (χ1) is 14.8. The molecule has 0 aliphatic heterocycles. The summed E-state index contributed by atoms with van der Waals surface area (Å²) in [4.78, 5) is 22.5. The number of nitrogens with one attached hydrogen (secondary N) is 1. The molecule has 2 aromatic carbocycles. The summed E-state index contributed by atoms with van der Waals surface area (Å²) in [6, 6.07) is 3.71. The standard InChI is InChI=1S/C19H10Cl2F4N4O2/c20-10-1-3-12(22)8(14(10)24)5-29-7-26-16-17(29)27-19(28-18(16)30)31-6-9-13(23)4-2-11(21)15(9)25/h1-4,7H,5-6H2,(H,27,28,30). The monoisotopic (exact) mass is 472 g/mol. The number of ether oxygens (including phenoxy) is 1. The molecule has 0 bridgehead atoms. The molecule has 0 spiro atoms. The summed E-state index contributed by atoms with van der Waals surface area (Å²) >= 11 is 11.3. The highest BCUT2D eigenvalue weighted by atomic mass is 35.5. The third-order valence-corrected chi connectivity index (χ3v) is 5.00. The van der Waals surface area contributed by atoms with Crippen LogP contribution in [-0.2, 0) is 13.2 Å². The van der Waals surface area contributed by atoms with Crippen LogP contribution in [0.3, 0.4) is 0 Å². The van der Waals surface area contributed by atoms with Gasteiger partial charge in [-0.2, -0.15) is 4.98 Å². The van der Waals surface area contributed by atoms with E-state index in [4.69, 9.17) is 27.9 Å². The van der Waals surface area contributed by atoms with Crippen LogP contribution < -0.4 is 10.3 Å². The molecule has 0 unspecified atom stereocenters. The number of aromatic nitrogens is 4. The van der Waals surface area contributed by atoms with Crippen LogP contribution in [0.4, 0.5) is 17.6 Å². The van der Waals surface area contributed by atoms with E-state index >= 15 is 0 Å². The Morgan fingerprint density at radius 3 is 2.26 bits per heavy atom. The molecule has 0 saturated carbocycles. The third kappa shape index (κ3) is 3.96. The van der Waals surface area contributed by atoms with Crippen molar-refractivity contribution in [2.75, 3.05) is 0 Å². The van der Waals surface area contributed by atoms with Crippen molar-refractivity contribution < 1.29 is 22.3 Å². The first-order valence-electron chi connectivity index (χ1n) is 8.59. The van der Waals surface area contributed by atoms with E-state index in [9.17, 15) is 22.4 Å². The van der Waals surface area contributed by atoms with Gasteiger partial charge >= 0.3 is 0 Å². The lowest BCUT2D eigenvalue weighted by Crippen LogP contribution is -2.13. The van der Waals surface area contributed by atoms with Crippen LogP contribution in [0.15, 0.2) is 35.4 Å². The lowest BCUT2D eigenvalue weighted by Gasteiger charge is -2.10. The van der Waals surface area contributed by atoms with E-state index in [1.165, 1.54) is 4.57 Å². The second-order valence-electron chi connectivity index (χ2n) is 6.35. The fourth-order valence-electron chi connectivity index (χ4n) is 2.84. The number of H-pyrrole nitrogens is 1. The molecule has 2 heterocycles. The van der Waals surface area contributed by atoms with Crippen LogP contribution in [0.25, 0.3) is 11.2 Å². The van der Waals surface area contributed by atoms with Gasteiger partial charge in [0.15, 0.2) is 17.0 Å². The van der Waals surface area contributed by atoms with E-state index in [2.05, 4.69) is 15.0 Å². The maximum Gasteiger partial charge on any atom is 0.298 e. The third-order valence-electron chi connectivity index (χ3n) is 4.41. The van der Waals surface area contributed by atoms with Gasteiger partial charge in [0.2, 0.25) is 0 Å². The normalized spacial score (nSPS) is 11.3. The number of fused-ring (bicyclic) bond motifs is 1. The lowest BCUT2D eigenvalue weighted by molar-refractivity contribution is 0.269. The van der Waals surface area contributed by atoms with Crippen molar-refractivity contribution in [2.24, 2.45) is 0 Å². The fourth-order valence-corrected chi connectivity index (χ4v) is 3.20. The molecule has 6 nitrogen and oxygen atoms in total. The fraction of sp³-hybridized carbons (Fsp3) is 0.105. The molecule has 4 aromatic rings. The molecule has 0 amide bonds. The topological polar surface area (TPSA) is 72.8 Å². The van der Waals surface area contributed by atoms with Gasteiger partial charge in [-0.3, -0.25) is 9.78 Å². The largest absolute Gasteiger partial charge is 0.460 e. The molecule has 0 saturated heterocycles. The number of hydrogen-bond donors (Lipinski definition) is 1. The quantitative estimate of drug-likeness (QED) is 0.340. The number of hydrogen-bond acceptors (Lipinski definition) is 4. The molecule has 31 heavy (non-hydrogen) atoms. The summed E-state index contributed by atoms with van der Waals surface area (Å²) in [5.74, 6) is -3.72. The molecule has 0 fully saturated rings. The maximum absolute atomic E-state index is 14.2. The number of halogens is 6. The Labute approximate surface area is 181 Å². The Balaban J connectivity index is 1.69. The molecule has 0 radical (unpaired) electrons. The summed E-state index contributed by atoms with van der Waals surface area (Å²) in [7, 11) is 0. The molecule has 2 aromatic heterocycles. The van der Waals surface area contributed by atoms with Crippen LogP contribution in [0.2, 0.25) is 10.0 Å². The molecular formula is C19H10Cl2F4N4O2. The van der Waals surface area contributed by atoms with E-state index < -0.39 is 41.0 Å². The molecule has 0 atom stereocenters. The van der Waals surface area contributed by atoms with E-state index in [-0.39, 0.29) is 39.3 Å². The van der Waals surface area contributed by atoms with Gasteiger partial charge in [-0.1, -0.05) is 23.2 Å². The number of aromatic amines is 1. The zero-order chi connectivity index (χ0) is 22.3. The van der Waals surface area contributed by atoms with Gasteiger partial charge in [-0.15, -0.1) is 0 Å². The molecule has 12 heteroatoms. The Hall–Kier alpha value is -3.11.